The highest BCUT2D eigenvalue weighted by atomic mass is 127. The molecule has 0 unspecified atom stereocenters. The van der Waals surface area contributed by atoms with Gasteiger partial charge in [0.2, 0.25) is 0 Å². The van der Waals surface area contributed by atoms with Crippen LogP contribution < -0.4 is 0 Å². The van der Waals surface area contributed by atoms with Gasteiger partial charge < -0.3 is 0 Å². The highest BCUT2D eigenvalue weighted by molar-refractivity contribution is 14.1. The lowest BCUT2D eigenvalue weighted by molar-refractivity contribution is -0.185. The molecule has 0 spiro atoms. The van der Waals surface area contributed by atoms with Gasteiger partial charge in [-0.1, -0.05) is 22.6 Å². The van der Waals surface area contributed by atoms with Crippen LogP contribution in [0.15, 0.2) is 0 Å². The highest BCUT2D eigenvalue weighted by Gasteiger charge is 2.43. The molecule has 3 rings (SSSR count). The molecule has 3 aliphatic rings. The normalized spacial score (nSPS) is 43.3. The Morgan fingerprint density at radius 2 is 0.826 bits per heavy atom. The molecule has 0 heterocycles. The Morgan fingerprint density at radius 1 is 0.522 bits per heavy atom. The van der Waals surface area contributed by atoms with Gasteiger partial charge in [0.05, 0.1) is 5.92 Å². The Hall–Kier alpha value is 0.520. The third-order valence-electron chi connectivity index (χ3n) is 7.09. The van der Waals surface area contributed by atoms with Gasteiger partial charge in [0.25, 0.3) is 0 Å². The Morgan fingerprint density at radius 3 is 1.17 bits per heavy atom. The van der Waals surface area contributed by atoms with Crippen molar-refractivity contribution < 1.29 is 13.2 Å². The van der Waals surface area contributed by atoms with E-state index in [9.17, 15) is 13.2 Å². The minimum atomic E-state index is -3.96. The van der Waals surface area contributed by atoms with E-state index >= 15 is 0 Å². The van der Waals surface area contributed by atoms with Gasteiger partial charge in [-0.05, 0) is 101 Å². The van der Waals surface area contributed by atoms with E-state index in [-0.39, 0.29) is 0 Å². The summed E-state index contributed by atoms with van der Waals surface area (Å²) >= 11 is 2.60. The zero-order valence-corrected chi connectivity index (χ0v) is 16.1. The second kappa shape index (κ2) is 7.82. The van der Waals surface area contributed by atoms with Crippen LogP contribution in [0.25, 0.3) is 0 Å². The maximum atomic E-state index is 12.8. The van der Waals surface area contributed by atoms with E-state index in [1.165, 1.54) is 51.4 Å². The van der Waals surface area contributed by atoms with Crippen LogP contribution >= 0.6 is 22.6 Å². The van der Waals surface area contributed by atoms with Crippen molar-refractivity contribution in [2.75, 3.05) is 0 Å². The van der Waals surface area contributed by atoms with Crippen LogP contribution in [0.2, 0.25) is 0 Å². The molecule has 0 atom stereocenters. The maximum absolute atomic E-state index is 12.8. The lowest BCUT2D eigenvalue weighted by Gasteiger charge is -2.41. The van der Waals surface area contributed by atoms with Gasteiger partial charge in [-0.3, -0.25) is 0 Å². The van der Waals surface area contributed by atoms with Crippen molar-refractivity contribution in [3.63, 3.8) is 0 Å². The average Bonchev–Trinajstić information content (AvgIpc) is 2.55. The van der Waals surface area contributed by atoms with Crippen molar-refractivity contribution in [3.05, 3.63) is 0 Å². The van der Waals surface area contributed by atoms with Crippen LogP contribution in [0.1, 0.15) is 77.0 Å². The summed E-state index contributed by atoms with van der Waals surface area (Å²) in [5, 5.41) is 0. The number of alkyl halides is 4. The van der Waals surface area contributed by atoms with E-state index < -0.39 is 12.1 Å². The molecule has 0 aromatic carbocycles. The molecule has 3 saturated carbocycles. The lowest BCUT2D eigenvalue weighted by Crippen LogP contribution is -2.32. The van der Waals surface area contributed by atoms with Crippen LogP contribution in [0.5, 0.6) is 0 Å². The van der Waals surface area contributed by atoms with Gasteiger partial charge in [-0.25, -0.2) is 0 Å². The summed E-state index contributed by atoms with van der Waals surface area (Å²) in [5.41, 5.74) is 0. The van der Waals surface area contributed by atoms with Crippen molar-refractivity contribution in [1.29, 1.82) is 0 Å². The van der Waals surface area contributed by atoms with Gasteiger partial charge in [0, 0.05) is 3.92 Å². The molecule has 0 amide bonds. The number of halogens is 4. The fraction of sp³-hybridized carbons (Fsp3) is 1.00. The number of rotatable bonds is 2. The molecule has 0 aliphatic heterocycles. The number of hydrogen-bond acceptors (Lipinski definition) is 0. The highest BCUT2D eigenvalue weighted by Crippen LogP contribution is 2.47. The molecule has 4 heteroatoms. The van der Waals surface area contributed by atoms with Crippen molar-refractivity contribution in [2.24, 2.45) is 29.6 Å². The average molecular weight is 442 g/mol. The zero-order valence-electron chi connectivity index (χ0n) is 14.0. The summed E-state index contributed by atoms with van der Waals surface area (Å²) in [6.45, 7) is 0. The standard InChI is InChI=1S/C19H30F3I/c20-19(21,22)17-9-5-15(6-10-17)13-1-3-14(4-2-13)16-7-11-18(23)12-8-16/h13-18H,1-12H2. The summed E-state index contributed by atoms with van der Waals surface area (Å²) in [6.07, 6.45) is 9.34. The van der Waals surface area contributed by atoms with Gasteiger partial charge in [-0.15, -0.1) is 0 Å². The summed E-state index contributed by atoms with van der Waals surface area (Å²) in [6, 6.07) is 0. The molecule has 0 radical (unpaired) electrons. The molecule has 23 heavy (non-hydrogen) atoms. The predicted octanol–water partition coefficient (Wildman–Crippen LogP) is 7.16. The van der Waals surface area contributed by atoms with Gasteiger partial charge in [-0.2, -0.15) is 13.2 Å². The van der Waals surface area contributed by atoms with Crippen LogP contribution in [0, 0.1) is 29.6 Å². The van der Waals surface area contributed by atoms with Crippen molar-refractivity contribution in [3.8, 4) is 0 Å². The predicted molar refractivity (Wildman–Crippen MR) is 96.7 cm³/mol. The van der Waals surface area contributed by atoms with E-state index in [1.807, 2.05) is 0 Å². The smallest absolute Gasteiger partial charge is 0.171 e. The Kier molecular flexibility index (Phi) is 6.23. The molecule has 0 bridgehead atoms. The Balaban J connectivity index is 1.41. The fourth-order valence-corrected chi connectivity index (χ4v) is 6.27. The Bertz CT molecular complexity index is 357. The largest absolute Gasteiger partial charge is 0.391 e. The fourth-order valence-electron chi connectivity index (χ4n) is 5.56. The lowest BCUT2D eigenvalue weighted by atomic mass is 9.65. The molecular weight excluding hydrogens is 412 g/mol. The summed E-state index contributed by atoms with van der Waals surface area (Å²) in [5.74, 6) is 2.16. The summed E-state index contributed by atoms with van der Waals surface area (Å²) in [4.78, 5) is 0. The molecule has 3 fully saturated rings. The molecule has 0 aromatic rings. The molecule has 0 aromatic heterocycles. The first kappa shape index (κ1) is 18.3. The van der Waals surface area contributed by atoms with Crippen LogP contribution in [-0.4, -0.2) is 10.1 Å². The molecule has 0 N–H and O–H groups in total. The third kappa shape index (κ3) is 4.78. The summed E-state index contributed by atoms with van der Waals surface area (Å²) in [7, 11) is 0. The molecule has 0 saturated heterocycles. The van der Waals surface area contributed by atoms with Crippen molar-refractivity contribution >= 4 is 22.6 Å². The second-order valence-corrected chi connectivity index (χ2v) is 10.1. The first-order chi connectivity index (χ1) is 10.9. The Labute approximate surface area is 152 Å². The second-order valence-electron chi connectivity index (χ2n) is 8.34. The van der Waals surface area contributed by atoms with E-state index in [0.717, 1.165) is 34.5 Å². The molecule has 134 valence electrons. The minimum Gasteiger partial charge on any atom is -0.171 e. The van der Waals surface area contributed by atoms with E-state index in [0.29, 0.717) is 18.8 Å². The first-order valence-electron chi connectivity index (χ1n) is 9.64. The molecule has 0 nitrogen and oxygen atoms in total. The minimum absolute atomic E-state index is 0.383. The van der Waals surface area contributed by atoms with Crippen LogP contribution in [0.4, 0.5) is 13.2 Å². The SMILES string of the molecule is FC(F)(F)C1CCC(C2CCC(C3CCC(I)CC3)CC2)CC1. The van der Waals surface area contributed by atoms with Gasteiger partial charge in [0.15, 0.2) is 0 Å². The number of hydrogen-bond donors (Lipinski definition) is 0. The van der Waals surface area contributed by atoms with Gasteiger partial charge in [0.1, 0.15) is 0 Å². The van der Waals surface area contributed by atoms with Crippen molar-refractivity contribution in [2.45, 2.75) is 87.2 Å². The monoisotopic (exact) mass is 442 g/mol. The van der Waals surface area contributed by atoms with Crippen LogP contribution in [0.3, 0.4) is 0 Å². The van der Waals surface area contributed by atoms with Gasteiger partial charge >= 0.3 is 6.18 Å². The maximum Gasteiger partial charge on any atom is 0.391 e. The molecule has 3 aliphatic carbocycles. The zero-order chi connectivity index (χ0) is 16.4. The van der Waals surface area contributed by atoms with Crippen LogP contribution in [-0.2, 0) is 0 Å². The molecular formula is C19H30F3I. The van der Waals surface area contributed by atoms with E-state index in [4.69, 9.17) is 0 Å². The third-order valence-corrected chi connectivity index (χ3v) is 8.33. The first-order valence-corrected chi connectivity index (χ1v) is 10.9. The van der Waals surface area contributed by atoms with Crippen molar-refractivity contribution in [1.82, 2.24) is 0 Å². The quantitative estimate of drug-likeness (QED) is 0.315. The summed E-state index contributed by atoms with van der Waals surface area (Å²) < 4.78 is 39.3. The topological polar surface area (TPSA) is 0 Å². The van der Waals surface area contributed by atoms with E-state index in [1.54, 1.807) is 0 Å². The van der Waals surface area contributed by atoms with E-state index in [2.05, 4.69) is 22.6 Å².